The quantitative estimate of drug-likeness (QED) is 0.787. The molecule has 0 atom stereocenters. The fourth-order valence-corrected chi connectivity index (χ4v) is 3.83. The Morgan fingerprint density at radius 3 is 2.65 bits per heavy atom. The van der Waals surface area contributed by atoms with Gasteiger partial charge in [0.1, 0.15) is 0 Å². The fourth-order valence-electron chi connectivity index (χ4n) is 2.90. The van der Waals surface area contributed by atoms with Crippen molar-refractivity contribution < 1.29 is 4.79 Å². The van der Waals surface area contributed by atoms with Crippen molar-refractivity contribution in [2.75, 3.05) is 23.7 Å². The van der Waals surface area contributed by atoms with Gasteiger partial charge in [0.05, 0.1) is 11.4 Å². The van der Waals surface area contributed by atoms with E-state index in [0.717, 1.165) is 37.6 Å². The molecule has 1 aliphatic heterocycles. The van der Waals surface area contributed by atoms with E-state index >= 15 is 0 Å². The van der Waals surface area contributed by atoms with E-state index in [1.165, 1.54) is 11.8 Å². The fraction of sp³-hybridized carbons (Fsp3) is 0.500. The van der Waals surface area contributed by atoms with Gasteiger partial charge in [-0.15, -0.1) is 10.2 Å². The average Bonchev–Trinajstić information content (AvgIpc) is 3.20. The van der Waals surface area contributed by atoms with Gasteiger partial charge in [0.2, 0.25) is 11.9 Å². The van der Waals surface area contributed by atoms with Gasteiger partial charge in [0, 0.05) is 23.7 Å². The van der Waals surface area contributed by atoms with Gasteiger partial charge in [-0.1, -0.05) is 29.4 Å². The normalized spacial score (nSPS) is 14.7. The van der Waals surface area contributed by atoms with Crippen LogP contribution in [0.1, 0.15) is 33.6 Å². The van der Waals surface area contributed by atoms with Crippen LogP contribution in [0.3, 0.4) is 0 Å². The first-order valence-corrected chi connectivity index (χ1v) is 10.1. The third-order valence-corrected chi connectivity index (χ3v) is 5.08. The van der Waals surface area contributed by atoms with E-state index in [1.54, 1.807) is 0 Å². The van der Waals surface area contributed by atoms with Gasteiger partial charge >= 0.3 is 0 Å². The first kappa shape index (κ1) is 19.0. The van der Waals surface area contributed by atoms with Gasteiger partial charge in [-0.25, -0.2) is 0 Å². The zero-order valence-electron chi connectivity index (χ0n) is 15.3. The van der Waals surface area contributed by atoms with E-state index in [2.05, 4.69) is 20.4 Å². The SMILES string of the molecule is CC(C)(C)NC(=O)CSc1nnc(N2CCCC2)n1-c1cccc(Cl)c1. The van der Waals surface area contributed by atoms with Crippen molar-refractivity contribution >= 4 is 35.2 Å². The number of amides is 1. The molecule has 0 unspecified atom stereocenters. The molecule has 0 radical (unpaired) electrons. The summed E-state index contributed by atoms with van der Waals surface area (Å²) >= 11 is 7.57. The van der Waals surface area contributed by atoms with E-state index in [-0.39, 0.29) is 17.2 Å². The third-order valence-electron chi connectivity index (χ3n) is 3.92. The first-order valence-electron chi connectivity index (χ1n) is 8.73. The van der Waals surface area contributed by atoms with Crippen molar-refractivity contribution in [2.24, 2.45) is 0 Å². The average molecular weight is 394 g/mol. The summed E-state index contributed by atoms with van der Waals surface area (Å²) in [5.74, 6) is 1.07. The summed E-state index contributed by atoms with van der Waals surface area (Å²) in [6, 6.07) is 7.62. The van der Waals surface area contributed by atoms with E-state index in [9.17, 15) is 4.79 Å². The lowest BCUT2D eigenvalue weighted by Crippen LogP contribution is -2.41. The molecule has 140 valence electrons. The number of benzene rings is 1. The van der Waals surface area contributed by atoms with Crippen LogP contribution >= 0.6 is 23.4 Å². The predicted octanol–water partition coefficient (Wildman–Crippen LogP) is 3.53. The molecule has 0 bridgehead atoms. The number of nitrogens with zero attached hydrogens (tertiary/aromatic N) is 4. The van der Waals surface area contributed by atoms with Crippen LogP contribution in [0.2, 0.25) is 5.02 Å². The summed E-state index contributed by atoms with van der Waals surface area (Å²) in [6.45, 7) is 7.84. The first-order chi connectivity index (χ1) is 12.3. The highest BCUT2D eigenvalue weighted by atomic mass is 35.5. The van der Waals surface area contributed by atoms with Crippen molar-refractivity contribution in [3.05, 3.63) is 29.3 Å². The summed E-state index contributed by atoms with van der Waals surface area (Å²) in [6.07, 6.45) is 2.30. The molecule has 0 aliphatic carbocycles. The Labute approximate surface area is 163 Å². The summed E-state index contributed by atoms with van der Waals surface area (Å²) in [7, 11) is 0. The molecule has 1 fully saturated rings. The number of nitrogens with one attached hydrogen (secondary N) is 1. The summed E-state index contributed by atoms with van der Waals surface area (Å²) < 4.78 is 1.99. The van der Waals surface area contributed by atoms with Crippen molar-refractivity contribution in [3.63, 3.8) is 0 Å². The van der Waals surface area contributed by atoms with Gasteiger partial charge in [0.15, 0.2) is 5.16 Å². The molecular formula is C18H24ClN5OS. The molecule has 8 heteroatoms. The number of hydrogen-bond acceptors (Lipinski definition) is 5. The highest BCUT2D eigenvalue weighted by molar-refractivity contribution is 7.99. The number of thioether (sulfide) groups is 1. The van der Waals surface area contributed by atoms with E-state index in [4.69, 9.17) is 11.6 Å². The molecule has 2 aromatic rings. The zero-order chi connectivity index (χ0) is 18.7. The summed E-state index contributed by atoms with van der Waals surface area (Å²) in [5.41, 5.74) is 0.655. The smallest absolute Gasteiger partial charge is 0.232 e. The minimum Gasteiger partial charge on any atom is -0.351 e. The molecule has 1 aromatic heterocycles. The Balaban J connectivity index is 1.86. The van der Waals surface area contributed by atoms with Crippen LogP contribution in [0.25, 0.3) is 5.69 Å². The van der Waals surface area contributed by atoms with Gasteiger partial charge in [-0.3, -0.25) is 9.36 Å². The van der Waals surface area contributed by atoms with Crippen molar-refractivity contribution in [1.29, 1.82) is 0 Å². The second kappa shape index (κ2) is 7.88. The molecular weight excluding hydrogens is 370 g/mol. The Bertz CT molecular complexity index is 780. The second-order valence-corrected chi connectivity index (χ2v) is 8.76. The minimum atomic E-state index is -0.251. The van der Waals surface area contributed by atoms with Crippen LogP contribution in [0.4, 0.5) is 5.95 Å². The number of aromatic nitrogens is 3. The van der Waals surface area contributed by atoms with Crippen LogP contribution in [0.5, 0.6) is 0 Å². The number of hydrogen-bond donors (Lipinski definition) is 1. The number of carbonyl (C=O) groups is 1. The van der Waals surface area contributed by atoms with Gasteiger partial charge in [0.25, 0.3) is 0 Å². The topological polar surface area (TPSA) is 63.1 Å². The van der Waals surface area contributed by atoms with E-state index in [0.29, 0.717) is 10.2 Å². The number of rotatable bonds is 5. The molecule has 0 spiro atoms. The number of anilines is 1. The Hall–Kier alpha value is -1.73. The summed E-state index contributed by atoms with van der Waals surface area (Å²) in [5, 5.41) is 13.1. The Morgan fingerprint density at radius 1 is 1.27 bits per heavy atom. The van der Waals surface area contributed by atoms with Crippen molar-refractivity contribution in [2.45, 2.75) is 44.3 Å². The van der Waals surface area contributed by atoms with Crippen LogP contribution in [-0.2, 0) is 4.79 Å². The number of carbonyl (C=O) groups excluding carboxylic acids is 1. The van der Waals surface area contributed by atoms with Crippen molar-refractivity contribution in [3.8, 4) is 5.69 Å². The van der Waals surface area contributed by atoms with Crippen LogP contribution < -0.4 is 10.2 Å². The second-order valence-electron chi connectivity index (χ2n) is 7.38. The third kappa shape index (κ3) is 4.71. The Morgan fingerprint density at radius 2 is 2.00 bits per heavy atom. The molecule has 2 heterocycles. The predicted molar refractivity (Wildman–Crippen MR) is 106 cm³/mol. The molecule has 1 amide bonds. The molecule has 1 N–H and O–H groups in total. The lowest BCUT2D eigenvalue weighted by molar-refractivity contribution is -0.119. The van der Waals surface area contributed by atoms with Crippen LogP contribution in [0.15, 0.2) is 29.4 Å². The van der Waals surface area contributed by atoms with Gasteiger partial charge < -0.3 is 10.2 Å². The molecule has 3 rings (SSSR count). The Kier molecular flexibility index (Phi) is 5.77. The van der Waals surface area contributed by atoms with Crippen molar-refractivity contribution in [1.82, 2.24) is 20.1 Å². The number of halogens is 1. The van der Waals surface area contributed by atoms with Gasteiger partial charge in [-0.2, -0.15) is 0 Å². The summed E-state index contributed by atoms with van der Waals surface area (Å²) in [4.78, 5) is 14.4. The molecule has 6 nitrogen and oxygen atoms in total. The van der Waals surface area contributed by atoms with E-state index in [1.807, 2.05) is 49.6 Å². The molecule has 1 aromatic carbocycles. The lowest BCUT2D eigenvalue weighted by atomic mass is 10.1. The van der Waals surface area contributed by atoms with E-state index < -0.39 is 0 Å². The maximum atomic E-state index is 12.2. The molecule has 1 saturated heterocycles. The molecule has 1 aliphatic rings. The largest absolute Gasteiger partial charge is 0.351 e. The monoisotopic (exact) mass is 393 g/mol. The zero-order valence-corrected chi connectivity index (χ0v) is 16.9. The molecule has 26 heavy (non-hydrogen) atoms. The minimum absolute atomic E-state index is 0.0223. The maximum absolute atomic E-state index is 12.2. The van der Waals surface area contributed by atoms with Crippen LogP contribution in [-0.4, -0.2) is 45.1 Å². The standard InChI is InChI=1S/C18H24ClN5OS/c1-18(2,3)20-15(25)12-26-17-22-21-16(23-9-4-5-10-23)24(17)14-8-6-7-13(19)11-14/h6-8,11H,4-5,9-10,12H2,1-3H3,(H,20,25). The van der Waals surface area contributed by atoms with Gasteiger partial charge in [-0.05, 0) is 51.8 Å². The van der Waals surface area contributed by atoms with Crippen LogP contribution in [0, 0.1) is 0 Å². The highest BCUT2D eigenvalue weighted by Gasteiger charge is 2.23. The maximum Gasteiger partial charge on any atom is 0.232 e. The highest BCUT2D eigenvalue weighted by Crippen LogP contribution is 2.29. The lowest BCUT2D eigenvalue weighted by Gasteiger charge is -2.20. The molecule has 0 saturated carbocycles.